The molecule has 0 radical (unpaired) electrons. The molecular formula is C4H6INO2. The number of halogens is 1. The van der Waals surface area contributed by atoms with Gasteiger partial charge in [0.15, 0.2) is 0 Å². The zero-order chi connectivity index (χ0) is 6.15. The molecule has 0 spiro atoms. The molecule has 1 aliphatic rings. The number of hydrogen-bond donors (Lipinski definition) is 0. The van der Waals surface area contributed by atoms with E-state index in [-0.39, 0.29) is 11.0 Å². The van der Waals surface area contributed by atoms with Crippen molar-refractivity contribution >= 4 is 22.6 Å². The van der Waals surface area contributed by atoms with Crippen molar-refractivity contribution in [2.24, 2.45) is 5.92 Å². The summed E-state index contributed by atoms with van der Waals surface area (Å²) < 4.78 is 0.934. The summed E-state index contributed by atoms with van der Waals surface area (Å²) in [4.78, 5) is 9.76. The summed E-state index contributed by atoms with van der Waals surface area (Å²) in [6, 6.07) is -0.202. The molecule has 8 heavy (non-hydrogen) atoms. The molecule has 1 rings (SSSR count). The first-order valence-electron chi connectivity index (χ1n) is 2.45. The van der Waals surface area contributed by atoms with Crippen LogP contribution in [0.25, 0.3) is 0 Å². The van der Waals surface area contributed by atoms with Gasteiger partial charge in [0.05, 0.1) is 0 Å². The molecule has 0 bridgehead atoms. The number of rotatable bonds is 2. The Morgan fingerprint density at radius 1 is 1.88 bits per heavy atom. The Labute approximate surface area is 60.7 Å². The average molecular weight is 227 g/mol. The quantitative estimate of drug-likeness (QED) is 0.306. The highest BCUT2D eigenvalue weighted by atomic mass is 127. The lowest BCUT2D eigenvalue weighted by molar-refractivity contribution is -0.497. The van der Waals surface area contributed by atoms with E-state index in [0.29, 0.717) is 5.92 Å². The summed E-state index contributed by atoms with van der Waals surface area (Å²) in [5.74, 6) is 0.380. The SMILES string of the molecule is O=[N+]([O-])[C@H]1C[C@@H]1CI. The second-order valence-corrected chi connectivity index (χ2v) is 2.88. The van der Waals surface area contributed by atoms with E-state index in [1.807, 2.05) is 0 Å². The minimum Gasteiger partial charge on any atom is -0.264 e. The zero-order valence-electron chi connectivity index (χ0n) is 4.21. The molecule has 1 saturated carbocycles. The molecule has 0 aromatic rings. The van der Waals surface area contributed by atoms with E-state index in [1.165, 1.54) is 0 Å². The third-order valence-corrected chi connectivity index (χ3v) is 2.49. The highest BCUT2D eigenvalue weighted by molar-refractivity contribution is 14.1. The fourth-order valence-electron chi connectivity index (χ4n) is 0.656. The van der Waals surface area contributed by atoms with Crippen LogP contribution in [-0.2, 0) is 0 Å². The molecular weight excluding hydrogens is 221 g/mol. The molecule has 0 aromatic heterocycles. The molecule has 0 saturated heterocycles. The van der Waals surface area contributed by atoms with Crippen LogP contribution in [0.15, 0.2) is 0 Å². The molecule has 0 aliphatic heterocycles. The van der Waals surface area contributed by atoms with E-state index in [9.17, 15) is 10.1 Å². The summed E-state index contributed by atoms with van der Waals surface area (Å²) >= 11 is 2.18. The standard InChI is InChI=1S/C4H6INO2/c5-2-3-1-4(3)6(7)8/h3-4H,1-2H2/t3-,4+/m1/s1. The third kappa shape index (κ3) is 1.10. The van der Waals surface area contributed by atoms with Gasteiger partial charge in [-0.1, -0.05) is 22.6 Å². The average Bonchev–Trinajstić information content (AvgIpc) is 2.42. The van der Waals surface area contributed by atoms with Crippen LogP contribution < -0.4 is 0 Å². The Morgan fingerprint density at radius 2 is 2.50 bits per heavy atom. The van der Waals surface area contributed by atoms with Gasteiger partial charge in [0.1, 0.15) is 0 Å². The predicted molar refractivity (Wildman–Crippen MR) is 37.8 cm³/mol. The summed E-state index contributed by atoms with van der Waals surface area (Å²) in [6.07, 6.45) is 0.802. The first kappa shape index (κ1) is 6.25. The largest absolute Gasteiger partial charge is 0.264 e. The smallest absolute Gasteiger partial charge is 0.217 e. The van der Waals surface area contributed by atoms with E-state index in [0.717, 1.165) is 10.8 Å². The van der Waals surface area contributed by atoms with E-state index in [1.54, 1.807) is 0 Å². The first-order valence-corrected chi connectivity index (χ1v) is 3.97. The van der Waals surface area contributed by atoms with Gasteiger partial charge in [0.25, 0.3) is 0 Å². The van der Waals surface area contributed by atoms with Crippen LogP contribution in [0.2, 0.25) is 0 Å². The van der Waals surface area contributed by atoms with Crippen molar-refractivity contribution in [2.75, 3.05) is 4.43 Å². The van der Waals surface area contributed by atoms with Gasteiger partial charge in [0, 0.05) is 21.7 Å². The molecule has 1 fully saturated rings. The normalized spacial score (nSPS) is 34.6. The van der Waals surface area contributed by atoms with Gasteiger partial charge >= 0.3 is 0 Å². The van der Waals surface area contributed by atoms with Crippen LogP contribution in [0, 0.1) is 16.0 Å². The van der Waals surface area contributed by atoms with Crippen molar-refractivity contribution in [1.82, 2.24) is 0 Å². The summed E-state index contributed by atoms with van der Waals surface area (Å²) in [6.45, 7) is 0. The van der Waals surface area contributed by atoms with E-state index < -0.39 is 0 Å². The number of alkyl halides is 1. The van der Waals surface area contributed by atoms with Crippen LogP contribution in [0.1, 0.15) is 6.42 Å². The molecule has 0 amide bonds. The Morgan fingerprint density at radius 3 is 2.62 bits per heavy atom. The van der Waals surface area contributed by atoms with Crippen molar-refractivity contribution in [2.45, 2.75) is 12.5 Å². The van der Waals surface area contributed by atoms with Gasteiger partial charge in [0.2, 0.25) is 6.04 Å². The van der Waals surface area contributed by atoms with Gasteiger partial charge in [-0.15, -0.1) is 0 Å². The molecule has 3 nitrogen and oxygen atoms in total. The molecule has 0 heterocycles. The van der Waals surface area contributed by atoms with Crippen LogP contribution >= 0.6 is 22.6 Å². The fraction of sp³-hybridized carbons (Fsp3) is 1.00. The lowest BCUT2D eigenvalue weighted by Gasteiger charge is -1.83. The minimum absolute atomic E-state index is 0.177. The zero-order valence-corrected chi connectivity index (χ0v) is 6.37. The summed E-state index contributed by atoms with van der Waals surface area (Å²) in [7, 11) is 0. The van der Waals surface area contributed by atoms with E-state index in [2.05, 4.69) is 22.6 Å². The van der Waals surface area contributed by atoms with Crippen molar-refractivity contribution < 1.29 is 4.92 Å². The number of hydrogen-bond acceptors (Lipinski definition) is 2. The fourth-order valence-corrected chi connectivity index (χ4v) is 1.60. The van der Waals surface area contributed by atoms with Crippen LogP contribution in [-0.4, -0.2) is 15.4 Å². The van der Waals surface area contributed by atoms with Crippen LogP contribution in [0.3, 0.4) is 0 Å². The lowest BCUT2D eigenvalue weighted by atomic mass is 10.5. The number of nitrogens with zero attached hydrogens (tertiary/aromatic N) is 1. The maximum Gasteiger partial charge on any atom is 0.217 e. The van der Waals surface area contributed by atoms with E-state index in [4.69, 9.17) is 0 Å². The van der Waals surface area contributed by atoms with Crippen LogP contribution in [0.5, 0.6) is 0 Å². The molecule has 0 aromatic carbocycles. The maximum atomic E-state index is 9.93. The maximum absolute atomic E-state index is 9.93. The Balaban J connectivity index is 2.26. The second-order valence-electron chi connectivity index (χ2n) is 2.00. The minimum atomic E-state index is -0.202. The summed E-state index contributed by atoms with van der Waals surface area (Å²) in [5.41, 5.74) is 0. The molecule has 0 unspecified atom stereocenters. The molecule has 4 heteroatoms. The molecule has 0 N–H and O–H groups in total. The van der Waals surface area contributed by atoms with Gasteiger partial charge in [-0.2, -0.15) is 0 Å². The van der Waals surface area contributed by atoms with Crippen molar-refractivity contribution in [3.8, 4) is 0 Å². The van der Waals surface area contributed by atoms with Gasteiger partial charge in [-0.05, 0) is 0 Å². The Hall–Kier alpha value is 0.130. The van der Waals surface area contributed by atoms with Crippen molar-refractivity contribution in [1.29, 1.82) is 0 Å². The monoisotopic (exact) mass is 227 g/mol. The van der Waals surface area contributed by atoms with Gasteiger partial charge in [-0.3, -0.25) is 10.1 Å². The predicted octanol–water partition coefficient (Wildman–Crippen LogP) is 1.09. The number of nitro groups is 1. The second kappa shape index (κ2) is 2.16. The van der Waals surface area contributed by atoms with Crippen LogP contribution in [0.4, 0.5) is 0 Å². The molecule has 46 valence electrons. The highest BCUT2D eigenvalue weighted by Crippen LogP contribution is 2.34. The van der Waals surface area contributed by atoms with Crippen molar-refractivity contribution in [3.05, 3.63) is 10.1 Å². The lowest BCUT2D eigenvalue weighted by Crippen LogP contribution is -2.03. The first-order chi connectivity index (χ1) is 3.75. The van der Waals surface area contributed by atoms with Gasteiger partial charge in [-0.25, -0.2) is 0 Å². The van der Waals surface area contributed by atoms with Gasteiger partial charge < -0.3 is 0 Å². The Kier molecular flexibility index (Phi) is 1.69. The summed E-state index contributed by atoms with van der Waals surface area (Å²) in [5, 5.41) is 9.93. The molecule has 1 aliphatic carbocycles. The Bertz CT molecular complexity index is 117. The third-order valence-electron chi connectivity index (χ3n) is 1.35. The molecule has 2 atom stereocenters. The van der Waals surface area contributed by atoms with Crippen molar-refractivity contribution in [3.63, 3.8) is 0 Å². The highest BCUT2D eigenvalue weighted by Gasteiger charge is 2.46. The van der Waals surface area contributed by atoms with E-state index >= 15 is 0 Å². The topological polar surface area (TPSA) is 43.1 Å².